The predicted octanol–water partition coefficient (Wildman–Crippen LogP) is -0.889. The number of hydrogen-bond donors (Lipinski definition) is 0. The van der Waals surface area contributed by atoms with Crippen molar-refractivity contribution in [1.82, 2.24) is 0 Å². The van der Waals surface area contributed by atoms with E-state index in [9.17, 15) is 0 Å². The van der Waals surface area contributed by atoms with Crippen LogP contribution < -0.4 is 0 Å². The second-order valence-electron chi connectivity index (χ2n) is 0. The Balaban J connectivity index is 0. The van der Waals surface area contributed by atoms with Gasteiger partial charge >= 0.3 is 33.6 Å². The average Bonchev–Trinajstić information content (AvgIpc) is 0. The largest absolute Gasteiger partial charge is 3.00 e. The van der Waals surface area contributed by atoms with Crippen molar-refractivity contribution in [1.29, 1.82) is 0 Å². The zero-order chi connectivity index (χ0) is 0. The van der Waals surface area contributed by atoms with E-state index in [1.165, 1.54) is 0 Å². The molecule has 5 N–H and O–H groups in total. The zero-order valence-electron chi connectivity index (χ0n) is 2.91. The normalized spacial score (nSPS) is 0. The molecule has 0 aromatic heterocycles. The van der Waals surface area contributed by atoms with Gasteiger partial charge in [0.1, 0.15) is 0 Å². The third-order valence-electron chi connectivity index (χ3n) is 0. The Labute approximate surface area is 61.4 Å². The Bertz CT molecular complexity index is 8.04. The van der Waals surface area contributed by atoms with Gasteiger partial charge in [0.2, 0.25) is 0 Å². The van der Waals surface area contributed by atoms with Crippen LogP contribution in [0.3, 0.4) is 0 Å². The van der Waals surface area contributed by atoms with Crippen LogP contribution in [0.2, 0.25) is 0 Å². The molecule has 0 spiro atoms. The van der Waals surface area contributed by atoms with Crippen LogP contribution in [-0.4, -0.2) is 27.4 Å². The molecule has 1 radical (unpaired) electrons. The second-order valence-corrected chi connectivity index (χ2v) is 0. The molecule has 0 aromatic rings. The molecule has 0 rings (SSSR count). The van der Waals surface area contributed by atoms with Gasteiger partial charge in [-0.1, -0.05) is 0 Å². The molecule has 7 heavy (non-hydrogen) atoms. The van der Waals surface area contributed by atoms with E-state index in [1.807, 2.05) is 0 Å². The van der Waals surface area contributed by atoms with Gasteiger partial charge in [-0.3, -0.25) is 0 Å². The van der Waals surface area contributed by atoms with E-state index in [0.717, 1.165) is 0 Å². The first kappa shape index (κ1) is 549. The van der Waals surface area contributed by atoms with E-state index in [2.05, 4.69) is 0 Å². The summed E-state index contributed by atoms with van der Waals surface area (Å²) < 4.78 is 0. The maximum atomic E-state index is 0. The Morgan fingerprint density at radius 2 is 0.429 bits per heavy atom. The van der Waals surface area contributed by atoms with E-state index in [0.29, 0.717) is 0 Å². The molecule has 0 aliphatic carbocycles. The molecular weight excluding hydrogens is 195 g/mol. The third kappa shape index (κ3) is 239. The molecule has 5 nitrogen and oxygen atoms in total. The van der Waals surface area contributed by atoms with Crippen LogP contribution in [0.5, 0.6) is 0 Å². The molecule has 0 saturated heterocycles. The van der Waals surface area contributed by atoms with E-state index < -0.39 is 0 Å². The summed E-state index contributed by atoms with van der Waals surface area (Å²) in [5.74, 6) is 0. The first-order valence-electron chi connectivity index (χ1n) is 0. The minimum Gasteiger partial charge on any atom is -0.870 e. The molecule has 0 aliphatic heterocycles. The average molecular weight is 200 g/mol. The Kier molecular flexibility index (Phi) is 27300. The fraction of sp³-hybridized carbons (Fsp3) is 0. The van der Waals surface area contributed by atoms with Crippen molar-refractivity contribution >= 4 is 0 Å². The van der Waals surface area contributed by atoms with Gasteiger partial charge in [0.25, 0.3) is 0 Å². The van der Waals surface area contributed by atoms with Crippen molar-refractivity contribution in [3.63, 3.8) is 0 Å². The van der Waals surface area contributed by atoms with Crippen molar-refractivity contribution in [2.45, 2.75) is 0 Å². The summed E-state index contributed by atoms with van der Waals surface area (Å²) in [6.45, 7) is 0. The molecule has 0 saturated carbocycles. The number of rotatable bonds is 0. The van der Waals surface area contributed by atoms with Crippen LogP contribution in [-0.2, 0) is 33.6 Å². The van der Waals surface area contributed by atoms with Gasteiger partial charge in [0.15, 0.2) is 0 Å². The van der Waals surface area contributed by atoms with Crippen LogP contribution in [0, 0.1) is 0 Å². The van der Waals surface area contributed by atoms with Gasteiger partial charge < -0.3 is 27.4 Å². The first-order chi connectivity index (χ1) is 0. The van der Waals surface area contributed by atoms with Gasteiger partial charge in [-0.2, -0.15) is 0 Å². The summed E-state index contributed by atoms with van der Waals surface area (Å²) in [4.78, 5) is 0. The summed E-state index contributed by atoms with van der Waals surface area (Å²) in [6.07, 6.45) is 0. The van der Waals surface area contributed by atoms with Gasteiger partial charge in [-0.25, -0.2) is 0 Å². The molecule has 0 unspecified atom stereocenters. The Morgan fingerprint density at radius 1 is 0.429 bits per heavy atom. The predicted molar refractivity (Wildman–Crippen MR) is 9.68 cm³/mol. The minimum atomic E-state index is 0. The number of hydrogen-bond acceptors (Lipinski definition) is 5. The van der Waals surface area contributed by atoms with Crippen molar-refractivity contribution in [3.05, 3.63) is 0 Å². The molecular formula is H5FeNiO5. The van der Waals surface area contributed by atoms with Crippen LogP contribution in [0.1, 0.15) is 0 Å². The fourth-order valence-electron chi connectivity index (χ4n) is 0. The topological polar surface area (TPSA) is 150 Å². The van der Waals surface area contributed by atoms with Gasteiger partial charge in [0.05, 0.1) is 0 Å². The molecule has 0 amide bonds. The quantitative estimate of drug-likeness (QED) is 0.464. The van der Waals surface area contributed by atoms with Crippen LogP contribution in [0.25, 0.3) is 0 Å². The first-order valence-corrected chi connectivity index (χ1v) is 0. The third-order valence-corrected chi connectivity index (χ3v) is 0. The molecule has 7 heteroatoms. The van der Waals surface area contributed by atoms with E-state index in [4.69, 9.17) is 0 Å². The minimum absolute atomic E-state index is 0. The van der Waals surface area contributed by atoms with Gasteiger partial charge in [-0.05, 0) is 0 Å². The molecule has 0 bridgehead atoms. The van der Waals surface area contributed by atoms with Crippen molar-refractivity contribution in [2.75, 3.05) is 0 Å². The summed E-state index contributed by atoms with van der Waals surface area (Å²) in [5.41, 5.74) is 0. The summed E-state index contributed by atoms with van der Waals surface area (Å²) in [5, 5.41) is 0. The van der Waals surface area contributed by atoms with Crippen LogP contribution in [0.4, 0.5) is 0 Å². The maximum absolute atomic E-state index is 0. The summed E-state index contributed by atoms with van der Waals surface area (Å²) in [6, 6.07) is 0. The molecule has 53 valence electrons. The maximum Gasteiger partial charge on any atom is 3.00 e. The smallest absolute Gasteiger partial charge is 0.870 e. The monoisotopic (exact) mass is 199 g/mol. The Hall–Kier alpha value is 0.813. The fourth-order valence-corrected chi connectivity index (χ4v) is 0. The Morgan fingerprint density at radius 3 is 0.429 bits per heavy atom. The van der Waals surface area contributed by atoms with Crippen LogP contribution in [0.15, 0.2) is 0 Å². The van der Waals surface area contributed by atoms with Crippen LogP contribution >= 0.6 is 0 Å². The molecule has 0 fully saturated rings. The molecule has 0 atom stereocenters. The van der Waals surface area contributed by atoms with E-state index in [1.54, 1.807) is 0 Å². The van der Waals surface area contributed by atoms with E-state index >= 15 is 0 Å². The van der Waals surface area contributed by atoms with Gasteiger partial charge in [-0.15, -0.1) is 0 Å². The zero-order valence-corrected chi connectivity index (χ0v) is 5.00. The van der Waals surface area contributed by atoms with Gasteiger partial charge in [0, 0.05) is 0 Å². The molecule has 0 aromatic carbocycles. The van der Waals surface area contributed by atoms with Crippen molar-refractivity contribution in [2.24, 2.45) is 0 Å². The van der Waals surface area contributed by atoms with Crippen molar-refractivity contribution < 1.29 is 60.9 Å². The second kappa shape index (κ2) is 348. The van der Waals surface area contributed by atoms with E-state index in [-0.39, 0.29) is 60.9 Å². The SMILES string of the molecule is [Fe+3].[Ni+2].[OH-].[OH-].[OH-].[OH-].[OH-]. The molecule has 0 heterocycles. The standard InChI is InChI=1S/Fe.Ni.5H2O/h;;5*1H2/q+3;+2;;;;;/p-5. The summed E-state index contributed by atoms with van der Waals surface area (Å²) >= 11 is 0. The summed E-state index contributed by atoms with van der Waals surface area (Å²) in [7, 11) is 0. The van der Waals surface area contributed by atoms with Crippen molar-refractivity contribution in [3.8, 4) is 0 Å². The molecule has 0 aliphatic rings.